The topological polar surface area (TPSA) is 72.1 Å². The molecule has 1 aromatic heterocycles. The van der Waals surface area contributed by atoms with E-state index in [2.05, 4.69) is 21.8 Å². The van der Waals surface area contributed by atoms with Crippen molar-refractivity contribution in [1.82, 2.24) is 9.97 Å². The number of hydrogen-bond acceptors (Lipinski definition) is 4. The van der Waals surface area contributed by atoms with Gasteiger partial charge in [-0.05, 0) is 19.8 Å². The molecular weight excluding hydrogens is 216 g/mol. The van der Waals surface area contributed by atoms with Crippen LogP contribution in [0.1, 0.15) is 42.4 Å². The number of anilines is 1. The average Bonchev–Trinajstić information content (AvgIpc) is 2.27. The molecule has 92 valence electrons. The van der Waals surface area contributed by atoms with Crippen LogP contribution in [-0.2, 0) is 0 Å². The van der Waals surface area contributed by atoms with Crippen LogP contribution >= 0.6 is 0 Å². The molecule has 1 atom stereocenters. The highest BCUT2D eigenvalue weighted by molar-refractivity contribution is 5.90. The van der Waals surface area contributed by atoms with Crippen molar-refractivity contribution in [2.24, 2.45) is 5.73 Å². The molecule has 0 bridgehead atoms. The zero-order valence-electron chi connectivity index (χ0n) is 10.3. The predicted octanol–water partition coefficient (Wildman–Crippen LogP) is 1.26. The molecule has 0 aliphatic carbocycles. The number of nitrogens with two attached hydrogens (primary N) is 1. The lowest BCUT2D eigenvalue weighted by Crippen LogP contribution is -2.48. The smallest absolute Gasteiger partial charge is 0.268 e. The molecule has 0 aromatic carbocycles. The lowest BCUT2D eigenvalue weighted by atomic mass is 9.98. The van der Waals surface area contributed by atoms with E-state index in [4.69, 9.17) is 5.73 Å². The highest BCUT2D eigenvalue weighted by atomic mass is 16.1. The Hall–Kier alpha value is -1.65. The Morgan fingerprint density at radius 2 is 2.41 bits per heavy atom. The lowest BCUT2D eigenvalue weighted by molar-refractivity contribution is 0.0995. The first kappa shape index (κ1) is 11.8. The number of rotatable bonds is 4. The van der Waals surface area contributed by atoms with Crippen LogP contribution in [0.3, 0.4) is 0 Å². The summed E-state index contributed by atoms with van der Waals surface area (Å²) in [5.74, 6) is 0.362. The minimum atomic E-state index is -0.527. The molecule has 1 aromatic rings. The van der Waals surface area contributed by atoms with Gasteiger partial charge in [-0.3, -0.25) is 4.79 Å². The minimum Gasteiger partial charge on any atom is -0.364 e. The number of aryl methyl sites for hydroxylation is 1. The maximum atomic E-state index is 11.0. The number of carbonyl (C=O) groups excluding carboxylic acids is 1. The van der Waals surface area contributed by atoms with E-state index in [0.29, 0.717) is 6.04 Å². The van der Waals surface area contributed by atoms with Gasteiger partial charge in [-0.2, -0.15) is 0 Å². The molecular formula is C12H18N4O. The Balaban J connectivity index is 2.19. The summed E-state index contributed by atoms with van der Waals surface area (Å²) in [5, 5.41) is 0. The summed E-state index contributed by atoms with van der Waals surface area (Å²) in [5.41, 5.74) is 6.19. The zero-order valence-corrected chi connectivity index (χ0v) is 10.3. The van der Waals surface area contributed by atoms with E-state index < -0.39 is 5.91 Å². The zero-order chi connectivity index (χ0) is 12.4. The van der Waals surface area contributed by atoms with Crippen molar-refractivity contribution in [2.75, 3.05) is 11.4 Å². The molecule has 0 spiro atoms. The second-order valence-corrected chi connectivity index (χ2v) is 4.45. The van der Waals surface area contributed by atoms with Crippen LogP contribution in [0.2, 0.25) is 0 Å². The van der Waals surface area contributed by atoms with Gasteiger partial charge in [0.25, 0.3) is 5.91 Å². The van der Waals surface area contributed by atoms with Crippen LogP contribution in [0.15, 0.2) is 6.20 Å². The van der Waals surface area contributed by atoms with Crippen molar-refractivity contribution in [3.63, 3.8) is 0 Å². The molecule has 0 saturated carbocycles. The molecule has 2 heterocycles. The normalized spacial score (nSPS) is 18.9. The number of amides is 1. The SMILES string of the molecule is CCCC1CCN1c1ncc(C(N)=O)nc1C. The third kappa shape index (κ3) is 2.23. The Labute approximate surface area is 101 Å². The van der Waals surface area contributed by atoms with E-state index in [-0.39, 0.29) is 5.69 Å². The summed E-state index contributed by atoms with van der Waals surface area (Å²) in [6.07, 6.45) is 5.03. The van der Waals surface area contributed by atoms with Crippen molar-refractivity contribution in [3.05, 3.63) is 17.6 Å². The third-order valence-corrected chi connectivity index (χ3v) is 3.21. The highest BCUT2D eigenvalue weighted by Gasteiger charge is 2.29. The second-order valence-electron chi connectivity index (χ2n) is 4.45. The fourth-order valence-corrected chi connectivity index (χ4v) is 2.23. The van der Waals surface area contributed by atoms with E-state index in [1.165, 1.54) is 25.5 Å². The van der Waals surface area contributed by atoms with Gasteiger partial charge in [-0.1, -0.05) is 13.3 Å². The van der Waals surface area contributed by atoms with Gasteiger partial charge >= 0.3 is 0 Å². The van der Waals surface area contributed by atoms with Gasteiger partial charge in [0.2, 0.25) is 0 Å². The molecule has 1 aliphatic rings. The Morgan fingerprint density at radius 3 is 2.88 bits per heavy atom. The van der Waals surface area contributed by atoms with Gasteiger partial charge in [0, 0.05) is 12.6 Å². The second kappa shape index (κ2) is 4.69. The van der Waals surface area contributed by atoms with Crippen LogP contribution in [0.4, 0.5) is 5.82 Å². The molecule has 1 aliphatic heterocycles. The van der Waals surface area contributed by atoms with Gasteiger partial charge in [0.05, 0.1) is 11.9 Å². The first-order valence-corrected chi connectivity index (χ1v) is 6.03. The van der Waals surface area contributed by atoms with E-state index in [1.807, 2.05) is 6.92 Å². The molecule has 1 unspecified atom stereocenters. The summed E-state index contributed by atoms with van der Waals surface area (Å²) in [7, 11) is 0. The van der Waals surface area contributed by atoms with Crippen molar-refractivity contribution in [3.8, 4) is 0 Å². The van der Waals surface area contributed by atoms with Crippen molar-refractivity contribution < 1.29 is 4.79 Å². The van der Waals surface area contributed by atoms with Crippen molar-refractivity contribution in [2.45, 2.75) is 39.2 Å². The summed E-state index contributed by atoms with van der Waals surface area (Å²) < 4.78 is 0. The average molecular weight is 234 g/mol. The van der Waals surface area contributed by atoms with E-state index in [0.717, 1.165) is 18.1 Å². The first-order valence-electron chi connectivity index (χ1n) is 6.03. The molecule has 5 heteroatoms. The van der Waals surface area contributed by atoms with Crippen LogP contribution in [0.25, 0.3) is 0 Å². The quantitative estimate of drug-likeness (QED) is 0.851. The van der Waals surface area contributed by atoms with Crippen LogP contribution in [0, 0.1) is 6.92 Å². The Bertz CT molecular complexity index is 433. The third-order valence-electron chi connectivity index (χ3n) is 3.21. The van der Waals surface area contributed by atoms with E-state index >= 15 is 0 Å². The summed E-state index contributed by atoms with van der Waals surface area (Å²) in [4.78, 5) is 21.8. The predicted molar refractivity (Wildman–Crippen MR) is 65.9 cm³/mol. The van der Waals surface area contributed by atoms with Gasteiger partial charge < -0.3 is 10.6 Å². The molecule has 1 amide bonds. The number of hydrogen-bond donors (Lipinski definition) is 1. The van der Waals surface area contributed by atoms with Gasteiger partial charge in [0.15, 0.2) is 0 Å². The maximum Gasteiger partial charge on any atom is 0.268 e. The van der Waals surface area contributed by atoms with Gasteiger partial charge in [-0.15, -0.1) is 0 Å². The number of carbonyl (C=O) groups is 1. The van der Waals surface area contributed by atoms with Crippen molar-refractivity contribution in [1.29, 1.82) is 0 Å². The van der Waals surface area contributed by atoms with Gasteiger partial charge in [-0.25, -0.2) is 9.97 Å². The number of aromatic nitrogens is 2. The molecule has 17 heavy (non-hydrogen) atoms. The Morgan fingerprint density at radius 1 is 1.65 bits per heavy atom. The van der Waals surface area contributed by atoms with E-state index in [1.54, 1.807) is 0 Å². The monoisotopic (exact) mass is 234 g/mol. The standard InChI is InChI=1S/C12H18N4O/c1-3-4-9-5-6-16(9)12-8(2)15-10(7-14-12)11(13)17/h7,9H,3-6H2,1-2H3,(H2,13,17). The summed E-state index contributed by atoms with van der Waals surface area (Å²) >= 11 is 0. The number of primary amides is 1. The largest absolute Gasteiger partial charge is 0.364 e. The fraction of sp³-hybridized carbons (Fsp3) is 0.583. The molecule has 2 N–H and O–H groups in total. The number of nitrogens with zero attached hydrogens (tertiary/aromatic N) is 3. The van der Waals surface area contributed by atoms with Crippen molar-refractivity contribution >= 4 is 11.7 Å². The fourth-order valence-electron chi connectivity index (χ4n) is 2.23. The Kier molecular flexibility index (Phi) is 3.26. The molecule has 2 rings (SSSR count). The molecule has 1 saturated heterocycles. The lowest BCUT2D eigenvalue weighted by Gasteiger charge is -2.42. The molecule has 5 nitrogen and oxygen atoms in total. The van der Waals surface area contributed by atoms with Crippen LogP contribution in [0.5, 0.6) is 0 Å². The molecule has 1 fully saturated rings. The minimum absolute atomic E-state index is 0.235. The summed E-state index contributed by atoms with van der Waals surface area (Å²) in [6, 6.07) is 0.576. The maximum absolute atomic E-state index is 11.0. The molecule has 0 radical (unpaired) electrons. The van der Waals surface area contributed by atoms with Crippen LogP contribution < -0.4 is 10.6 Å². The van der Waals surface area contributed by atoms with Crippen LogP contribution in [-0.4, -0.2) is 28.5 Å². The summed E-state index contributed by atoms with van der Waals surface area (Å²) in [6.45, 7) is 5.08. The first-order chi connectivity index (χ1) is 8.13. The highest BCUT2D eigenvalue weighted by Crippen LogP contribution is 2.29. The van der Waals surface area contributed by atoms with Gasteiger partial charge in [0.1, 0.15) is 11.5 Å². The van der Waals surface area contributed by atoms with E-state index in [9.17, 15) is 4.79 Å².